The van der Waals surface area contributed by atoms with E-state index in [1.807, 2.05) is 4.90 Å². The molecule has 1 fully saturated rings. The lowest BCUT2D eigenvalue weighted by molar-refractivity contribution is -0.142. The van der Waals surface area contributed by atoms with Gasteiger partial charge in [0, 0.05) is 32.6 Å². The maximum Gasteiger partial charge on any atom is 0.223 e. The fourth-order valence-corrected chi connectivity index (χ4v) is 3.23. The van der Waals surface area contributed by atoms with Gasteiger partial charge in [0.05, 0.1) is 0 Å². The first-order chi connectivity index (χ1) is 9.40. The van der Waals surface area contributed by atoms with E-state index < -0.39 is 0 Å². The van der Waals surface area contributed by atoms with Gasteiger partial charge in [-0.1, -0.05) is 48.5 Å². The fraction of sp³-hybridized carbons (Fsp3) is 0.944. The highest BCUT2D eigenvalue weighted by Gasteiger charge is 2.39. The van der Waals surface area contributed by atoms with Gasteiger partial charge in [0.15, 0.2) is 0 Å². The highest BCUT2D eigenvalue weighted by atomic mass is 16.2. The van der Waals surface area contributed by atoms with Crippen molar-refractivity contribution in [2.75, 3.05) is 33.2 Å². The van der Waals surface area contributed by atoms with E-state index in [2.05, 4.69) is 60.4 Å². The van der Waals surface area contributed by atoms with Crippen LogP contribution in [0.15, 0.2) is 0 Å². The quantitative estimate of drug-likeness (QED) is 0.749. The molecule has 1 rings (SSSR count). The molecule has 1 aliphatic rings. The van der Waals surface area contributed by atoms with E-state index in [-0.39, 0.29) is 5.41 Å². The summed E-state index contributed by atoms with van der Waals surface area (Å²) in [5.41, 5.74) is 0.372. The minimum absolute atomic E-state index is 0.0491. The molecular weight excluding hydrogens is 260 g/mol. The Labute approximate surface area is 132 Å². The summed E-state index contributed by atoms with van der Waals surface area (Å²) in [6, 6.07) is 0. The van der Waals surface area contributed by atoms with E-state index in [0.717, 1.165) is 26.2 Å². The molecule has 124 valence electrons. The van der Waals surface area contributed by atoms with Crippen LogP contribution in [0.1, 0.15) is 54.9 Å². The monoisotopic (exact) mass is 296 g/mol. The van der Waals surface area contributed by atoms with E-state index >= 15 is 0 Å². The summed E-state index contributed by atoms with van der Waals surface area (Å²) >= 11 is 0. The number of hydrogen-bond donors (Lipinski definition) is 0. The summed E-state index contributed by atoms with van der Waals surface area (Å²) < 4.78 is 0. The van der Waals surface area contributed by atoms with E-state index in [0.29, 0.717) is 29.6 Å². The van der Waals surface area contributed by atoms with Crippen molar-refractivity contribution in [3.8, 4) is 0 Å². The molecular formula is C18H36N2O. The van der Waals surface area contributed by atoms with Gasteiger partial charge in [-0.05, 0) is 29.7 Å². The van der Waals surface area contributed by atoms with Crippen molar-refractivity contribution >= 4 is 5.91 Å². The molecule has 1 saturated heterocycles. The zero-order valence-electron chi connectivity index (χ0n) is 15.5. The van der Waals surface area contributed by atoms with Gasteiger partial charge in [-0.3, -0.25) is 4.79 Å². The van der Waals surface area contributed by atoms with E-state index in [1.54, 1.807) is 0 Å². The fourth-order valence-electron chi connectivity index (χ4n) is 3.23. The van der Waals surface area contributed by atoms with Gasteiger partial charge < -0.3 is 9.80 Å². The topological polar surface area (TPSA) is 23.6 Å². The third-order valence-corrected chi connectivity index (χ3v) is 4.46. The average Bonchev–Trinajstić information content (AvgIpc) is 2.06. The molecule has 3 nitrogen and oxygen atoms in total. The van der Waals surface area contributed by atoms with Gasteiger partial charge in [0.25, 0.3) is 0 Å². The molecule has 1 heterocycles. The van der Waals surface area contributed by atoms with Crippen LogP contribution in [0.25, 0.3) is 0 Å². The van der Waals surface area contributed by atoms with Crippen LogP contribution in [0.5, 0.6) is 0 Å². The molecule has 0 N–H and O–H groups in total. The van der Waals surface area contributed by atoms with Crippen molar-refractivity contribution in [3.05, 3.63) is 0 Å². The lowest BCUT2D eigenvalue weighted by atomic mass is 9.75. The summed E-state index contributed by atoms with van der Waals surface area (Å²) in [5, 5.41) is 0. The molecule has 0 aromatic rings. The van der Waals surface area contributed by atoms with Crippen molar-refractivity contribution in [2.45, 2.75) is 54.9 Å². The lowest BCUT2D eigenvalue weighted by Crippen LogP contribution is -2.55. The minimum Gasteiger partial charge on any atom is -0.342 e. The number of nitrogens with zero attached hydrogens (tertiary/aromatic N) is 2. The second kappa shape index (κ2) is 6.68. The molecule has 0 saturated carbocycles. The normalized spacial score (nSPS) is 17.5. The number of carbonyl (C=O) groups is 1. The van der Waals surface area contributed by atoms with Crippen LogP contribution in [0.4, 0.5) is 0 Å². The van der Waals surface area contributed by atoms with E-state index in [1.165, 1.54) is 0 Å². The van der Waals surface area contributed by atoms with Gasteiger partial charge >= 0.3 is 0 Å². The highest BCUT2D eigenvalue weighted by molar-refractivity contribution is 5.77. The summed E-state index contributed by atoms with van der Waals surface area (Å²) in [5.74, 6) is 1.66. The van der Waals surface area contributed by atoms with Crippen LogP contribution in [0, 0.1) is 22.7 Å². The second-order valence-corrected chi connectivity index (χ2v) is 9.29. The highest BCUT2D eigenvalue weighted by Crippen LogP contribution is 2.35. The largest absolute Gasteiger partial charge is 0.342 e. The van der Waals surface area contributed by atoms with Gasteiger partial charge in [0.1, 0.15) is 0 Å². The van der Waals surface area contributed by atoms with Crippen molar-refractivity contribution < 1.29 is 4.79 Å². The molecule has 21 heavy (non-hydrogen) atoms. The van der Waals surface area contributed by atoms with Crippen LogP contribution in [-0.2, 0) is 4.79 Å². The molecule has 0 bridgehead atoms. The number of likely N-dealkylation sites (tertiary alicyclic amines) is 1. The Morgan fingerprint density at radius 3 is 2.14 bits per heavy atom. The molecule has 0 radical (unpaired) electrons. The van der Waals surface area contributed by atoms with Crippen LogP contribution in [0.2, 0.25) is 0 Å². The Bertz CT molecular complexity index is 349. The third kappa shape index (κ3) is 5.98. The maximum absolute atomic E-state index is 12.4. The summed E-state index contributed by atoms with van der Waals surface area (Å²) in [6.45, 7) is 19.7. The molecule has 0 unspecified atom stereocenters. The standard InChI is InChI=1S/C18H36N2O/c1-14(2)10-19(8)13-18(6,7)9-16(21)20-11-15(12-20)17(3,4)5/h14-15H,9-13H2,1-8H3. The molecule has 1 aliphatic heterocycles. The van der Waals surface area contributed by atoms with Crippen molar-refractivity contribution in [3.63, 3.8) is 0 Å². The maximum atomic E-state index is 12.4. The zero-order valence-corrected chi connectivity index (χ0v) is 15.5. The van der Waals surface area contributed by atoms with E-state index in [4.69, 9.17) is 0 Å². The predicted octanol–water partition coefficient (Wildman–Crippen LogP) is 3.50. The minimum atomic E-state index is 0.0491. The first-order valence-corrected chi connectivity index (χ1v) is 8.37. The molecule has 3 heteroatoms. The summed E-state index contributed by atoms with van der Waals surface area (Å²) in [7, 11) is 2.16. The van der Waals surface area contributed by atoms with Crippen molar-refractivity contribution in [1.29, 1.82) is 0 Å². The van der Waals surface area contributed by atoms with Gasteiger partial charge in [-0.15, -0.1) is 0 Å². The summed E-state index contributed by atoms with van der Waals surface area (Å²) in [6.07, 6.45) is 0.659. The summed E-state index contributed by atoms with van der Waals surface area (Å²) in [4.78, 5) is 16.8. The van der Waals surface area contributed by atoms with Crippen LogP contribution in [-0.4, -0.2) is 48.9 Å². The molecule has 0 spiro atoms. The number of amides is 1. The van der Waals surface area contributed by atoms with Crippen molar-refractivity contribution in [1.82, 2.24) is 9.80 Å². The Morgan fingerprint density at radius 2 is 1.71 bits per heavy atom. The van der Waals surface area contributed by atoms with Crippen LogP contribution >= 0.6 is 0 Å². The first kappa shape index (κ1) is 18.5. The molecule has 0 aliphatic carbocycles. The van der Waals surface area contributed by atoms with Gasteiger partial charge in [-0.25, -0.2) is 0 Å². The zero-order chi connectivity index (χ0) is 16.4. The Balaban J connectivity index is 2.40. The second-order valence-electron chi connectivity index (χ2n) is 9.29. The number of hydrogen-bond acceptors (Lipinski definition) is 2. The van der Waals surface area contributed by atoms with Crippen LogP contribution < -0.4 is 0 Å². The Hall–Kier alpha value is -0.570. The Morgan fingerprint density at radius 1 is 1.19 bits per heavy atom. The Kier molecular flexibility index (Phi) is 5.88. The van der Waals surface area contributed by atoms with Crippen molar-refractivity contribution in [2.24, 2.45) is 22.7 Å². The smallest absolute Gasteiger partial charge is 0.223 e. The van der Waals surface area contributed by atoms with E-state index in [9.17, 15) is 4.79 Å². The van der Waals surface area contributed by atoms with Gasteiger partial charge in [0.2, 0.25) is 5.91 Å². The van der Waals surface area contributed by atoms with Crippen LogP contribution in [0.3, 0.4) is 0 Å². The number of carbonyl (C=O) groups excluding carboxylic acids is 1. The third-order valence-electron chi connectivity index (χ3n) is 4.46. The molecule has 0 atom stereocenters. The number of rotatable bonds is 6. The SMILES string of the molecule is CC(C)CN(C)CC(C)(C)CC(=O)N1CC(C(C)(C)C)C1. The molecule has 1 amide bonds. The predicted molar refractivity (Wildman–Crippen MR) is 90.3 cm³/mol. The molecule has 0 aromatic carbocycles. The lowest BCUT2D eigenvalue weighted by Gasteiger charge is -2.47. The van der Waals surface area contributed by atoms with Gasteiger partial charge in [-0.2, -0.15) is 0 Å². The first-order valence-electron chi connectivity index (χ1n) is 8.37. The average molecular weight is 296 g/mol. The molecule has 0 aromatic heterocycles.